The lowest BCUT2D eigenvalue weighted by Crippen LogP contribution is -2.38. The lowest BCUT2D eigenvalue weighted by Gasteiger charge is -2.36. The van der Waals surface area contributed by atoms with Crippen molar-refractivity contribution in [3.05, 3.63) is 23.8 Å². The van der Waals surface area contributed by atoms with Crippen LogP contribution in [-0.4, -0.2) is 35.4 Å². The molecule has 1 aromatic rings. The lowest BCUT2D eigenvalue weighted by atomic mass is 9.86. The lowest BCUT2D eigenvalue weighted by molar-refractivity contribution is -0.137. The maximum Gasteiger partial charge on any atom is 0.304 e. The molecule has 1 fully saturated rings. The Kier molecular flexibility index (Phi) is 5.06. The molecule has 0 spiro atoms. The van der Waals surface area contributed by atoms with Crippen molar-refractivity contribution in [3.63, 3.8) is 0 Å². The van der Waals surface area contributed by atoms with Crippen molar-refractivity contribution >= 4 is 5.97 Å². The van der Waals surface area contributed by atoms with Crippen LogP contribution in [0.5, 0.6) is 11.5 Å². The van der Waals surface area contributed by atoms with Crippen molar-refractivity contribution in [2.75, 3.05) is 13.3 Å². The standard InChI is InChI=1S/C18H25NO4/c1-13-2-5-15(6-3-13)19(9-8-18(20)21)11-14-4-7-16-17(10-14)23-12-22-16/h4,7,10,13,15H,2-3,5-6,8-9,11-12H2,1H3,(H,20,21). The number of benzene rings is 1. The Labute approximate surface area is 137 Å². The van der Waals surface area contributed by atoms with Crippen LogP contribution in [0.4, 0.5) is 0 Å². The molecule has 0 radical (unpaired) electrons. The molecule has 23 heavy (non-hydrogen) atoms. The monoisotopic (exact) mass is 319 g/mol. The van der Waals surface area contributed by atoms with Gasteiger partial charge in [-0.05, 0) is 49.3 Å². The van der Waals surface area contributed by atoms with Crippen LogP contribution in [0.2, 0.25) is 0 Å². The molecule has 1 aliphatic carbocycles. The van der Waals surface area contributed by atoms with Gasteiger partial charge in [0.15, 0.2) is 11.5 Å². The molecule has 1 aliphatic heterocycles. The van der Waals surface area contributed by atoms with Crippen LogP contribution >= 0.6 is 0 Å². The quantitative estimate of drug-likeness (QED) is 0.872. The molecule has 1 aromatic carbocycles. The first kappa shape index (κ1) is 16.1. The van der Waals surface area contributed by atoms with Crippen molar-refractivity contribution < 1.29 is 19.4 Å². The summed E-state index contributed by atoms with van der Waals surface area (Å²) in [7, 11) is 0. The predicted molar refractivity (Wildman–Crippen MR) is 86.6 cm³/mol. The SMILES string of the molecule is CC1CCC(N(CCC(=O)O)Cc2ccc3c(c2)OCO3)CC1. The minimum Gasteiger partial charge on any atom is -0.481 e. The fourth-order valence-electron chi connectivity index (χ4n) is 3.51. The molecule has 1 N–H and O–H groups in total. The number of carbonyl (C=O) groups is 1. The average molecular weight is 319 g/mol. The van der Waals surface area contributed by atoms with Gasteiger partial charge in [-0.15, -0.1) is 0 Å². The average Bonchev–Trinajstić information content (AvgIpc) is 3.00. The molecular weight excluding hydrogens is 294 g/mol. The first-order valence-electron chi connectivity index (χ1n) is 8.46. The van der Waals surface area contributed by atoms with E-state index in [2.05, 4.69) is 11.8 Å². The Balaban J connectivity index is 1.68. The Morgan fingerprint density at radius 1 is 1.22 bits per heavy atom. The first-order chi connectivity index (χ1) is 11.1. The van der Waals surface area contributed by atoms with Gasteiger partial charge in [0, 0.05) is 19.1 Å². The first-order valence-corrected chi connectivity index (χ1v) is 8.46. The van der Waals surface area contributed by atoms with Gasteiger partial charge in [0.25, 0.3) is 0 Å². The summed E-state index contributed by atoms with van der Waals surface area (Å²) in [5.41, 5.74) is 1.15. The zero-order chi connectivity index (χ0) is 16.2. The van der Waals surface area contributed by atoms with Crippen LogP contribution in [0.25, 0.3) is 0 Å². The van der Waals surface area contributed by atoms with Gasteiger partial charge in [0.2, 0.25) is 6.79 Å². The summed E-state index contributed by atoms with van der Waals surface area (Å²) >= 11 is 0. The number of ether oxygens (including phenoxy) is 2. The summed E-state index contributed by atoms with van der Waals surface area (Å²) in [6.07, 6.45) is 4.97. The number of fused-ring (bicyclic) bond motifs is 1. The normalized spacial score (nSPS) is 23.2. The van der Waals surface area contributed by atoms with Crippen molar-refractivity contribution in [2.45, 2.75) is 51.6 Å². The molecule has 3 rings (SSSR count). The number of hydrogen-bond donors (Lipinski definition) is 1. The molecule has 1 saturated carbocycles. The molecule has 126 valence electrons. The second-order valence-electron chi connectivity index (χ2n) is 6.72. The highest BCUT2D eigenvalue weighted by molar-refractivity contribution is 5.66. The third-order valence-electron chi connectivity index (χ3n) is 4.94. The minimum atomic E-state index is -0.732. The van der Waals surface area contributed by atoms with Gasteiger partial charge < -0.3 is 14.6 Å². The van der Waals surface area contributed by atoms with Crippen molar-refractivity contribution in [1.29, 1.82) is 0 Å². The summed E-state index contributed by atoms with van der Waals surface area (Å²) in [4.78, 5) is 13.3. The van der Waals surface area contributed by atoms with Gasteiger partial charge in [-0.2, -0.15) is 0 Å². The van der Waals surface area contributed by atoms with Crippen molar-refractivity contribution in [2.24, 2.45) is 5.92 Å². The van der Waals surface area contributed by atoms with E-state index in [1.54, 1.807) is 0 Å². The second-order valence-corrected chi connectivity index (χ2v) is 6.72. The molecule has 0 atom stereocenters. The van der Waals surface area contributed by atoms with Gasteiger partial charge in [0.1, 0.15) is 0 Å². The van der Waals surface area contributed by atoms with E-state index in [-0.39, 0.29) is 13.2 Å². The maximum atomic E-state index is 11.0. The minimum absolute atomic E-state index is 0.191. The topological polar surface area (TPSA) is 59.0 Å². The molecule has 5 heteroatoms. The summed E-state index contributed by atoms with van der Waals surface area (Å²) in [6.45, 7) is 3.95. The van der Waals surface area contributed by atoms with E-state index in [1.165, 1.54) is 12.8 Å². The van der Waals surface area contributed by atoms with E-state index >= 15 is 0 Å². The molecule has 5 nitrogen and oxygen atoms in total. The van der Waals surface area contributed by atoms with E-state index < -0.39 is 5.97 Å². The highest BCUT2D eigenvalue weighted by Crippen LogP contribution is 2.34. The number of nitrogens with zero attached hydrogens (tertiary/aromatic N) is 1. The zero-order valence-electron chi connectivity index (χ0n) is 13.7. The Morgan fingerprint density at radius 2 is 1.96 bits per heavy atom. The fraction of sp³-hybridized carbons (Fsp3) is 0.611. The summed E-state index contributed by atoms with van der Waals surface area (Å²) in [6, 6.07) is 6.49. The Hall–Kier alpha value is -1.75. The van der Waals surface area contributed by atoms with E-state index in [9.17, 15) is 4.79 Å². The summed E-state index contributed by atoms with van der Waals surface area (Å²) in [5, 5.41) is 9.03. The van der Waals surface area contributed by atoms with Gasteiger partial charge in [-0.1, -0.05) is 13.0 Å². The van der Waals surface area contributed by atoms with E-state index in [1.807, 2.05) is 18.2 Å². The van der Waals surface area contributed by atoms with Gasteiger partial charge in [0.05, 0.1) is 6.42 Å². The molecule has 0 bridgehead atoms. The smallest absolute Gasteiger partial charge is 0.304 e. The highest BCUT2D eigenvalue weighted by Gasteiger charge is 2.25. The largest absolute Gasteiger partial charge is 0.481 e. The number of aliphatic carboxylic acids is 1. The second kappa shape index (κ2) is 7.21. The number of rotatable bonds is 6. The zero-order valence-corrected chi connectivity index (χ0v) is 13.7. The Bertz CT molecular complexity index is 552. The van der Waals surface area contributed by atoms with Crippen LogP contribution in [0.1, 0.15) is 44.6 Å². The number of hydrogen-bond acceptors (Lipinski definition) is 4. The molecule has 0 unspecified atom stereocenters. The highest BCUT2D eigenvalue weighted by atomic mass is 16.7. The third kappa shape index (κ3) is 4.16. The number of carboxylic acids is 1. The van der Waals surface area contributed by atoms with Gasteiger partial charge in [-0.3, -0.25) is 9.69 Å². The van der Waals surface area contributed by atoms with Gasteiger partial charge >= 0.3 is 5.97 Å². The predicted octanol–water partition coefficient (Wildman–Crippen LogP) is 3.27. The van der Waals surface area contributed by atoms with E-state index in [0.717, 1.165) is 42.4 Å². The fourth-order valence-corrected chi connectivity index (χ4v) is 3.51. The van der Waals surface area contributed by atoms with Crippen molar-refractivity contribution in [1.82, 2.24) is 4.90 Å². The molecular formula is C18H25NO4. The molecule has 0 saturated heterocycles. The van der Waals surface area contributed by atoms with E-state index in [0.29, 0.717) is 12.6 Å². The van der Waals surface area contributed by atoms with Crippen LogP contribution in [0.3, 0.4) is 0 Å². The third-order valence-corrected chi connectivity index (χ3v) is 4.94. The van der Waals surface area contributed by atoms with E-state index in [4.69, 9.17) is 14.6 Å². The van der Waals surface area contributed by atoms with Crippen LogP contribution < -0.4 is 9.47 Å². The molecule has 0 amide bonds. The van der Waals surface area contributed by atoms with Gasteiger partial charge in [-0.25, -0.2) is 0 Å². The molecule has 2 aliphatic rings. The molecule has 0 aromatic heterocycles. The summed E-state index contributed by atoms with van der Waals surface area (Å²) in [5.74, 6) is 1.64. The molecule has 1 heterocycles. The maximum absolute atomic E-state index is 11.0. The van der Waals surface area contributed by atoms with Crippen molar-refractivity contribution in [3.8, 4) is 11.5 Å². The van der Waals surface area contributed by atoms with Crippen LogP contribution in [-0.2, 0) is 11.3 Å². The van der Waals surface area contributed by atoms with Crippen LogP contribution in [0, 0.1) is 5.92 Å². The number of carboxylic acid groups (broad SMARTS) is 1. The summed E-state index contributed by atoms with van der Waals surface area (Å²) < 4.78 is 10.8. The Morgan fingerprint density at radius 3 is 2.70 bits per heavy atom. The van der Waals surface area contributed by atoms with Crippen LogP contribution in [0.15, 0.2) is 18.2 Å².